The third kappa shape index (κ3) is 2.50. The number of carbonyl (C=O) groups is 3. The van der Waals surface area contributed by atoms with Crippen LogP contribution in [0, 0.1) is 0 Å². The summed E-state index contributed by atoms with van der Waals surface area (Å²) in [6, 6.07) is 0.568. The molecule has 0 radical (unpaired) electrons. The van der Waals surface area contributed by atoms with Crippen LogP contribution in [0.15, 0.2) is 16.7 Å². The number of imide groups is 1. The SMILES string of the molecule is CCCC1NC(=O)N(Cc2ccoc2C(=O)NN)C1=O. The molecule has 0 bridgehead atoms. The molecule has 0 spiro atoms. The van der Waals surface area contributed by atoms with Gasteiger partial charge in [0.15, 0.2) is 5.76 Å². The number of hydrazine groups is 1. The maximum absolute atomic E-state index is 12.1. The highest BCUT2D eigenvalue weighted by atomic mass is 16.3. The van der Waals surface area contributed by atoms with E-state index in [1.807, 2.05) is 12.3 Å². The van der Waals surface area contributed by atoms with Crippen molar-refractivity contribution in [3.63, 3.8) is 0 Å². The lowest BCUT2D eigenvalue weighted by atomic mass is 10.1. The Labute approximate surface area is 115 Å². The molecule has 0 aromatic carbocycles. The highest BCUT2D eigenvalue weighted by molar-refractivity contribution is 6.04. The molecule has 4 amide bonds. The molecule has 4 N–H and O–H groups in total. The normalized spacial score (nSPS) is 18.3. The van der Waals surface area contributed by atoms with Crippen molar-refractivity contribution >= 4 is 17.8 Å². The monoisotopic (exact) mass is 280 g/mol. The van der Waals surface area contributed by atoms with Crippen molar-refractivity contribution in [1.82, 2.24) is 15.6 Å². The largest absolute Gasteiger partial charge is 0.459 e. The van der Waals surface area contributed by atoms with E-state index in [0.29, 0.717) is 12.0 Å². The lowest BCUT2D eigenvalue weighted by Crippen LogP contribution is -2.33. The summed E-state index contributed by atoms with van der Waals surface area (Å²) in [4.78, 5) is 36.4. The van der Waals surface area contributed by atoms with Gasteiger partial charge in [-0.1, -0.05) is 13.3 Å². The summed E-state index contributed by atoms with van der Waals surface area (Å²) in [5.41, 5.74) is 2.37. The van der Waals surface area contributed by atoms with Crippen molar-refractivity contribution in [2.75, 3.05) is 0 Å². The molecule has 1 fully saturated rings. The third-order valence-electron chi connectivity index (χ3n) is 3.10. The summed E-state index contributed by atoms with van der Waals surface area (Å²) in [6.07, 6.45) is 2.68. The number of furan rings is 1. The Bertz CT molecular complexity index is 539. The average molecular weight is 280 g/mol. The topological polar surface area (TPSA) is 118 Å². The lowest BCUT2D eigenvalue weighted by Gasteiger charge is -2.12. The second-order valence-corrected chi connectivity index (χ2v) is 4.46. The van der Waals surface area contributed by atoms with Gasteiger partial charge < -0.3 is 9.73 Å². The van der Waals surface area contributed by atoms with Crippen molar-refractivity contribution in [2.45, 2.75) is 32.4 Å². The van der Waals surface area contributed by atoms with E-state index >= 15 is 0 Å². The molecule has 8 nitrogen and oxygen atoms in total. The van der Waals surface area contributed by atoms with Gasteiger partial charge in [0.2, 0.25) is 0 Å². The fourth-order valence-electron chi connectivity index (χ4n) is 2.11. The van der Waals surface area contributed by atoms with Gasteiger partial charge in [0.1, 0.15) is 6.04 Å². The molecule has 20 heavy (non-hydrogen) atoms. The number of hydrogen-bond donors (Lipinski definition) is 3. The highest BCUT2D eigenvalue weighted by Crippen LogP contribution is 2.18. The molecular weight excluding hydrogens is 264 g/mol. The maximum atomic E-state index is 12.1. The molecule has 108 valence electrons. The van der Waals surface area contributed by atoms with Crippen molar-refractivity contribution < 1.29 is 18.8 Å². The quantitative estimate of drug-likeness (QED) is 0.306. The molecule has 2 rings (SSSR count). The minimum Gasteiger partial charge on any atom is -0.459 e. The molecule has 1 saturated heterocycles. The van der Waals surface area contributed by atoms with E-state index < -0.39 is 18.0 Å². The first-order valence-electron chi connectivity index (χ1n) is 6.27. The summed E-state index contributed by atoms with van der Waals surface area (Å²) in [5.74, 6) is 4.13. The molecule has 2 heterocycles. The van der Waals surface area contributed by atoms with Crippen LogP contribution in [0.4, 0.5) is 4.79 Å². The smallest absolute Gasteiger partial charge is 0.325 e. The van der Waals surface area contributed by atoms with Crippen LogP contribution < -0.4 is 16.6 Å². The van der Waals surface area contributed by atoms with E-state index in [0.717, 1.165) is 11.3 Å². The number of nitrogens with one attached hydrogen (secondary N) is 2. The van der Waals surface area contributed by atoms with E-state index in [4.69, 9.17) is 10.3 Å². The summed E-state index contributed by atoms with van der Waals surface area (Å²) in [5, 5.41) is 2.61. The summed E-state index contributed by atoms with van der Waals surface area (Å²) in [7, 11) is 0. The number of hydrogen-bond acceptors (Lipinski definition) is 5. The van der Waals surface area contributed by atoms with Crippen molar-refractivity contribution in [1.29, 1.82) is 0 Å². The van der Waals surface area contributed by atoms with Gasteiger partial charge in [-0.05, 0) is 12.5 Å². The number of carbonyl (C=O) groups excluding carboxylic acids is 3. The van der Waals surface area contributed by atoms with Gasteiger partial charge >= 0.3 is 11.9 Å². The number of rotatable bonds is 5. The molecule has 1 aliphatic rings. The van der Waals surface area contributed by atoms with E-state index in [1.165, 1.54) is 12.3 Å². The molecule has 1 aromatic heterocycles. The Kier molecular flexibility index (Phi) is 4.04. The molecule has 0 aliphatic carbocycles. The van der Waals surface area contributed by atoms with Crippen LogP contribution in [-0.4, -0.2) is 28.8 Å². The van der Waals surface area contributed by atoms with Crippen LogP contribution in [0.5, 0.6) is 0 Å². The van der Waals surface area contributed by atoms with Crippen molar-refractivity contribution in [3.05, 3.63) is 23.7 Å². The van der Waals surface area contributed by atoms with Gasteiger partial charge in [0, 0.05) is 5.56 Å². The fraction of sp³-hybridized carbons (Fsp3) is 0.417. The van der Waals surface area contributed by atoms with E-state index in [1.54, 1.807) is 0 Å². The van der Waals surface area contributed by atoms with Crippen LogP contribution in [0.25, 0.3) is 0 Å². The fourth-order valence-corrected chi connectivity index (χ4v) is 2.11. The molecule has 0 saturated carbocycles. The average Bonchev–Trinajstić information content (AvgIpc) is 2.99. The van der Waals surface area contributed by atoms with Crippen LogP contribution in [0.3, 0.4) is 0 Å². The van der Waals surface area contributed by atoms with Crippen LogP contribution in [0.2, 0.25) is 0 Å². The third-order valence-corrected chi connectivity index (χ3v) is 3.10. The van der Waals surface area contributed by atoms with Crippen molar-refractivity contribution in [3.8, 4) is 0 Å². The minimum atomic E-state index is -0.609. The van der Waals surface area contributed by atoms with Gasteiger partial charge in [0.05, 0.1) is 12.8 Å². The van der Waals surface area contributed by atoms with Gasteiger partial charge in [-0.2, -0.15) is 0 Å². The van der Waals surface area contributed by atoms with Crippen LogP contribution in [-0.2, 0) is 11.3 Å². The number of nitrogens with two attached hydrogens (primary N) is 1. The Morgan fingerprint density at radius 1 is 1.55 bits per heavy atom. The first-order valence-corrected chi connectivity index (χ1v) is 6.27. The maximum Gasteiger partial charge on any atom is 0.325 e. The van der Waals surface area contributed by atoms with E-state index in [9.17, 15) is 14.4 Å². The Balaban J connectivity index is 2.14. The molecule has 1 unspecified atom stereocenters. The molecule has 1 aliphatic heterocycles. The van der Waals surface area contributed by atoms with E-state index in [2.05, 4.69) is 5.32 Å². The zero-order valence-electron chi connectivity index (χ0n) is 11.0. The summed E-state index contributed by atoms with van der Waals surface area (Å²) in [6.45, 7) is 1.91. The van der Waals surface area contributed by atoms with Crippen LogP contribution >= 0.6 is 0 Å². The lowest BCUT2D eigenvalue weighted by molar-refractivity contribution is -0.128. The number of amides is 4. The molecule has 1 atom stereocenters. The minimum absolute atomic E-state index is 0.00737. The van der Waals surface area contributed by atoms with Gasteiger partial charge in [0.25, 0.3) is 5.91 Å². The zero-order valence-corrected chi connectivity index (χ0v) is 11.0. The van der Waals surface area contributed by atoms with Gasteiger partial charge in [-0.15, -0.1) is 0 Å². The number of nitrogen functional groups attached to an aromatic ring is 1. The second kappa shape index (κ2) is 5.74. The molecular formula is C12H16N4O4. The molecule has 1 aromatic rings. The van der Waals surface area contributed by atoms with Crippen LogP contribution in [0.1, 0.15) is 35.9 Å². The predicted octanol–water partition coefficient (Wildman–Crippen LogP) is 0.104. The van der Waals surface area contributed by atoms with Gasteiger partial charge in [-0.3, -0.25) is 19.9 Å². The zero-order chi connectivity index (χ0) is 14.7. The van der Waals surface area contributed by atoms with Gasteiger partial charge in [-0.25, -0.2) is 10.6 Å². The Morgan fingerprint density at radius 3 is 2.95 bits per heavy atom. The summed E-state index contributed by atoms with van der Waals surface area (Å²) >= 11 is 0. The Morgan fingerprint density at radius 2 is 2.30 bits per heavy atom. The first kappa shape index (κ1) is 14.1. The molecule has 8 heteroatoms. The van der Waals surface area contributed by atoms with Crippen molar-refractivity contribution in [2.24, 2.45) is 5.84 Å². The highest BCUT2D eigenvalue weighted by Gasteiger charge is 2.37. The second-order valence-electron chi connectivity index (χ2n) is 4.46. The first-order chi connectivity index (χ1) is 9.58. The Hall–Kier alpha value is -2.35. The summed E-state index contributed by atoms with van der Waals surface area (Å²) < 4.78 is 5.01. The number of nitrogens with zero attached hydrogens (tertiary/aromatic N) is 1. The standard InChI is InChI=1S/C12H16N4O4/c1-2-3-8-11(18)16(12(19)14-8)6-7-4-5-20-9(7)10(17)15-13/h4-5,8H,2-3,6,13H2,1H3,(H,14,19)(H,15,17). The predicted molar refractivity (Wildman–Crippen MR) is 68.1 cm³/mol. The number of urea groups is 1. The van der Waals surface area contributed by atoms with E-state index in [-0.39, 0.29) is 18.2 Å².